The fourth-order valence-corrected chi connectivity index (χ4v) is 2.19. The highest BCUT2D eigenvalue weighted by molar-refractivity contribution is 9.10. The van der Waals surface area contributed by atoms with E-state index in [1.165, 1.54) is 0 Å². The number of rotatable bonds is 6. The van der Waals surface area contributed by atoms with Crippen LogP contribution in [0.25, 0.3) is 0 Å². The summed E-state index contributed by atoms with van der Waals surface area (Å²) < 4.78 is 45.6. The summed E-state index contributed by atoms with van der Waals surface area (Å²) in [5, 5.41) is 2.20. The van der Waals surface area contributed by atoms with Crippen LogP contribution < -0.4 is 10.1 Å². The highest BCUT2D eigenvalue weighted by atomic mass is 79.9. The van der Waals surface area contributed by atoms with Crippen molar-refractivity contribution in [2.45, 2.75) is 12.8 Å². The Hall–Kier alpha value is -2.02. The first kappa shape index (κ1) is 17.3. The second-order valence-electron chi connectivity index (χ2n) is 4.68. The number of hydrogen-bond donors (Lipinski definition) is 1. The summed E-state index contributed by atoms with van der Waals surface area (Å²) in [6.45, 7) is 0.296. The molecular formula is C16H13BrF3NO2. The Balaban J connectivity index is 1.78. The van der Waals surface area contributed by atoms with E-state index < -0.39 is 23.4 Å². The molecule has 0 fully saturated rings. The van der Waals surface area contributed by atoms with E-state index in [0.717, 1.165) is 16.6 Å². The first-order valence-corrected chi connectivity index (χ1v) is 7.58. The summed E-state index contributed by atoms with van der Waals surface area (Å²) in [6.07, 6.45) is 0.454. The molecule has 0 bridgehead atoms. The molecule has 0 aliphatic carbocycles. The van der Waals surface area contributed by atoms with E-state index >= 15 is 0 Å². The number of amides is 1. The highest BCUT2D eigenvalue weighted by Gasteiger charge is 2.15. The van der Waals surface area contributed by atoms with Crippen LogP contribution in [-0.4, -0.2) is 12.5 Å². The third kappa shape index (κ3) is 4.99. The normalized spacial score (nSPS) is 10.4. The third-order valence-electron chi connectivity index (χ3n) is 2.92. The van der Waals surface area contributed by atoms with Gasteiger partial charge in [-0.15, -0.1) is 0 Å². The topological polar surface area (TPSA) is 38.3 Å². The molecule has 0 aliphatic heterocycles. The van der Waals surface area contributed by atoms with Gasteiger partial charge in [-0.25, -0.2) is 13.2 Å². The Morgan fingerprint density at radius 3 is 2.65 bits per heavy atom. The van der Waals surface area contributed by atoms with Gasteiger partial charge in [0.2, 0.25) is 5.91 Å². The predicted octanol–water partition coefficient (Wildman–Crippen LogP) is 4.66. The van der Waals surface area contributed by atoms with Crippen molar-refractivity contribution in [1.29, 1.82) is 0 Å². The summed E-state index contributed by atoms with van der Waals surface area (Å²) >= 11 is 3.31. The van der Waals surface area contributed by atoms with Crippen LogP contribution in [0.4, 0.5) is 18.9 Å². The molecule has 23 heavy (non-hydrogen) atoms. The van der Waals surface area contributed by atoms with Crippen LogP contribution in [0.15, 0.2) is 40.9 Å². The minimum Gasteiger partial charge on any atom is -0.494 e. The lowest BCUT2D eigenvalue weighted by atomic mass is 10.2. The maximum atomic E-state index is 13.4. The molecule has 0 radical (unpaired) electrons. The molecule has 0 spiro atoms. The number of ether oxygens (including phenoxy) is 1. The van der Waals surface area contributed by atoms with E-state index in [-0.39, 0.29) is 12.1 Å². The van der Waals surface area contributed by atoms with Gasteiger partial charge in [0.25, 0.3) is 0 Å². The van der Waals surface area contributed by atoms with Gasteiger partial charge < -0.3 is 10.1 Å². The molecule has 0 unspecified atom stereocenters. The molecule has 7 heteroatoms. The Morgan fingerprint density at radius 1 is 1.13 bits per heavy atom. The molecule has 3 nitrogen and oxygen atoms in total. The largest absolute Gasteiger partial charge is 0.494 e. The summed E-state index contributed by atoms with van der Waals surface area (Å²) in [7, 11) is 0. The maximum absolute atomic E-state index is 13.4. The van der Waals surface area contributed by atoms with Crippen molar-refractivity contribution in [1.82, 2.24) is 0 Å². The SMILES string of the molecule is O=C(CCCOc1cccc(Br)c1)Nc1ccc(F)c(F)c1F. The lowest BCUT2D eigenvalue weighted by molar-refractivity contribution is -0.116. The van der Waals surface area contributed by atoms with E-state index in [0.29, 0.717) is 18.8 Å². The molecule has 0 heterocycles. The zero-order valence-electron chi connectivity index (χ0n) is 11.9. The number of halogens is 4. The van der Waals surface area contributed by atoms with Crippen LogP contribution in [0.5, 0.6) is 5.75 Å². The molecule has 2 rings (SSSR count). The fourth-order valence-electron chi connectivity index (χ4n) is 1.81. The molecule has 0 atom stereocenters. The first-order chi connectivity index (χ1) is 11.0. The van der Waals surface area contributed by atoms with Gasteiger partial charge in [-0.1, -0.05) is 22.0 Å². The number of carbonyl (C=O) groups excluding carboxylic acids is 1. The summed E-state index contributed by atoms with van der Waals surface area (Å²) in [6, 6.07) is 8.97. The molecule has 2 aromatic carbocycles. The molecule has 0 saturated carbocycles. The molecule has 1 amide bonds. The van der Waals surface area contributed by atoms with Crippen molar-refractivity contribution in [3.63, 3.8) is 0 Å². The minimum absolute atomic E-state index is 0.0619. The Bertz CT molecular complexity index is 710. The number of nitrogens with one attached hydrogen (secondary N) is 1. The second-order valence-corrected chi connectivity index (χ2v) is 5.60. The molecule has 2 aromatic rings. The molecule has 122 valence electrons. The van der Waals surface area contributed by atoms with Crippen LogP contribution >= 0.6 is 15.9 Å². The molecular weight excluding hydrogens is 375 g/mol. The zero-order valence-corrected chi connectivity index (χ0v) is 13.5. The fraction of sp³-hybridized carbons (Fsp3) is 0.188. The van der Waals surface area contributed by atoms with Gasteiger partial charge in [-0.3, -0.25) is 4.79 Å². The zero-order chi connectivity index (χ0) is 16.8. The van der Waals surface area contributed by atoms with Gasteiger partial charge in [-0.05, 0) is 36.8 Å². The van der Waals surface area contributed by atoms with E-state index in [2.05, 4.69) is 21.2 Å². The summed E-state index contributed by atoms with van der Waals surface area (Å²) in [5.74, 6) is -4.17. The van der Waals surface area contributed by atoms with Gasteiger partial charge in [0.1, 0.15) is 5.75 Å². The highest BCUT2D eigenvalue weighted by Crippen LogP contribution is 2.20. The van der Waals surface area contributed by atoms with Gasteiger partial charge in [0, 0.05) is 10.9 Å². The summed E-state index contributed by atoms with van der Waals surface area (Å²) in [4.78, 5) is 11.7. The Morgan fingerprint density at radius 2 is 1.91 bits per heavy atom. The predicted molar refractivity (Wildman–Crippen MR) is 83.8 cm³/mol. The maximum Gasteiger partial charge on any atom is 0.224 e. The van der Waals surface area contributed by atoms with Gasteiger partial charge >= 0.3 is 0 Å². The van der Waals surface area contributed by atoms with Crippen molar-refractivity contribution in [2.75, 3.05) is 11.9 Å². The number of hydrogen-bond acceptors (Lipinski definition) is 2. The summed E-state index contributed by atoms with van der Waals surface area (Å²) in [5.41, 5.74) is -0.387. The van der Waals surface area contributed by atoms with Gasteiger partial charge in [0.15, 0.2) is 17.5 Å². The monoisotopic (exact) mass is 387 g/mol. The van der Waals surface area contributed by atoms with Crippen molar-refractivity contribution in [2.24, 2.45) is 0 Å². The smallest absolute Gasteiger partial charge is 0.224 e. The quantitative estimate of drug-likeness (QED) is 0.577. The van der Waals surface area contributed by atoms with Crippen molar-refractivity contribution in [3.8, 4) is 5.75 Å². The molecule has 1 N–H and O–H groups in total. The van der Waals surface area contributed by atoms with Crippen LogP contribution in [0.2, 0.25) is 0 Å². The standard InChI is InChI=1S/C16H13BrF3NO2/c17-10-3-1-4-11(9-10)23-8-2-5-14(22)21-13-7-6-12(18)15(19)16(13)20/h1,3-4,6-7,9H,2,5,8H2,(H,21,22). The van der Waals surface area contributed by atoms with E-state index in [1.807, 2.05) is 12.1 Å². The lowest BCUT2D eigenvalue weighted by Gasteiger charge is -2.08. The number of carbonyl (C=O) groups is 1. The van der Waals surface area contributed by atoms with Crippen molar-refractivity contribution < 1.29 is 22.7 Å². The minimum atomic E-state index is -1.61. The third-order valence-corrected chi connectivity index (χ3v) is 3.42. The molecule has 0 aliphatic rings. The van der Waals surface area contributed by atoms with Gasteiger partial charge in [0.05, 0.1) is 12.3 Å². The number of benzene rings is 2. The van der Waals surface area contributed by atoms with Crippen LogP contribution in [0.1, 0.15) is 12.8 Å². The lowest BCUT2D eigenvalue weighted by Crippen LogP contribution is -2.14. The van der Waals surface area contributed by atoms with Crippen molar-refractivity contribution in [3.05, 3.63) is 58.3 Å². The van der Waals surface area contributed by atoms with Crippen molar-refractivity contribution >= 4 is 27.5 Å². The van der Waals surface area contributed by atoms with E-state index in [9.17, 15) is 18.0 Å². The van der Waals surface area contributed by atoms with Crippen LogP contribution in [0.3, 0.4) is 0 Å². The van der Waals surface area contributed by atoms with E-state index in [1.54, 1.807) is 12.1 Å². The van der Waals surface area contributed by atoms with Crippen LogP contribution in [-0.2, 0) is 4.79 Å². The second kappa shape index (κ2) is 8.01. The van der Waals surface area contributed by atoms with E-state index in [4.69, 9.17) is 4.74 Å². The van der Waals surface area contributed by atoms with Gasteiger partial charge in [-0.2, -0.15) is 0 Å². The van der Waals surface area contributed by atoms with Crippen LogP contribution in [0, 0.1) is 17.5 Å². The Labute approximate surface area is 139 Å². The average molecular weight is 388 g/mol. The molecule has 0 saturated heterocycles. The Kier molecular flexibility index (Phi) is 6.04. The molecule has 0 aromatic heterocycles. The first-order valence-electron chi connectivity index (χ1n) is 6.79. The number of anilines is 1. The average Bonchev–Trinajstić information content (AvgIpc) is 2.52.